The first-order valence-electron chi connectivity index (χ1n) is 7.54. The van der Waals surface area contributed by atoms with Crippen LogP contribution in [-0.2, 0) is 11.2 Å². The highest BCUT2D eigenvalue weighted by atomic mass is 16.2. The number of carbonyl (C=O) groups excluding carboxylic acids is 1. The van der Waals surface area contributed by atoms with Crippen molar-refractivity contribution in [1.82, 2.24) is 19.7 Å². The molecule has 1 amide bonds. The summed E-state index contributed by atoms with van der Waals surface area (Å²) in [5.74, 6) is 2.06. The molecule has 2 aromatic rings. The molecule has 0 spiro atoms. The smallest absolute Gasteiger partial charge is 0.246 e. The highest BCUT2D eigenvalue weighted by molar-refractivity contribution is 5.82. The van der Waals surface area contributed by atoms with Gasteiger partial charge in [0.15, 0.2) is 5.82 Å². The Balaban J connectivity index is 1.74. The monoisotopic (exact) mass is 282 g/mol. The van der Waals surface area contributed by atoms with Gasteiger partial charge in [-0.25, -0.2) is 0 Å². The molecule has 1 saturated heterocycles. The standard InChI is InChI=1S/C16H18N4O/c1-11-16(21)19-9-5-8-13(19)15-18-17-14(20(11)15)10-12-6-3-2-4-7-12/h2-4,6-7,11,13H,5,8-10H2,1H3/t11-,13+/m0/s1. The van der Waals surface area contributed by atoms with Crippen LogP contribution in [0, 0.1) is 0 Å². The Morgan fingerprint density at radius 1 is 1.24 bits per heavy atom. The molecule has 1 fully saturated rings. The minimum absolute atomic E-state index is 0.130. The van der Waals surface area contributed by atoms with Crippen molar-refractivity contribution >= 4 is 5.91 Å². The van der Waals surface area contributed by atoms with E-state index >= 15 is 0 Å². The number of nitrogens with zero attached hydrogens (tertiary/aromatic N) is 4. The zero-order chi connectivity index (χ0) is 14.4. The fourth-order valence-corrected chi connectivity index (χ4v) is 3.53. The molecule has 0 unspecified atom stereocenters. The maximum Gasteiger partial charge on any atom is 0.246 e. The van der Waals surface area contributed by atoms with Gasteiger partial charge in [-0.1, -0.05) is 30.3 Å². The number of hydrogen-bond donors (Lipinski definition) is 0. The SMILES string of the molecule is C[C@H]1C(=O)N2CCC[C@@H]2c2nnc(Cc3ccccc3)n21. The van der Waals surface area contributed by atoms with Gasteiger partial charge in [0.25, 0.3) is 0 Å². The highest BCUT2D eigenvalue weighted by Crippen LogP contribution is 2.38. The summed E-state index contributed by atoms with van der Waals surface area (Å²) < 4.78 is 2.06. The van der Waals surface area contributed by atoms with Gasteiger partial charge in [0.05, 0.1) is 6.04 Å². The predicted molar refractivity (Wildman–Crippen MR) is 77.7 cm³/mol. The van der Waals surface area contributed by atoms with Crippen molar-refractivity contribution in [3.8, 4) is 0 Å². The molecule has 2 aliphatic rings. The molecule has 0 bridgehead atoms. The second-order valence-corrected chi connectivity index (χ2v) is 5.87. The molecule has 1 aromatic carbocycles. The molecular weight excluding hydrogens is 264 g/mol. The van der Waals surface area contributed by atoms with Crippen molar-refractivity contribution in [3.05, 3.63) is 47.5 Å². The Hall–Kier alpha value is -2.17. The number of fused-ring (bicyclic) bond motifs is 3. The normalized spacial score (nSPS) is 24.0. The average Bonchev–Trinajstić information content (AvgIpc) is 3.12. The Bertz CT molecular complexity index is 679. The third kappa shape index (κ3) is 1.87. The Morgan fingerprint density at radius 2 is 2.05 bits per heavy atom. The Labute approximate surface area is 123 Å². The molecular formula is C16H18N4O. The zero-order valence-corrected chi connectivity index (χ0v) is 12.1. The van der Waals surface area contributed by atoms with Crippen LogP contribution in [0.2, 0.25) is 0 Å². The van der Waals surface area contributed by atoms with E-state index in [0.29, 0.717) is 0 Å². The molecule has 0 aliphatic carbocycles. The minimum atomic E-state index is -0.192. The lowest BCUT2D eigenvalue weighted by atomic mass is 10.1. The Kier molecular flexibility index (Phi) is 2.80. The van der Waals surface area contributed by atoms with Crippen LogP contribution in [0.15, 0.2) is 30.3 Å². The van der Waals surface area contributed by atoms with Gasteiger partial charge in [0.2, 0.25) is 5.91 Å². The molecule has 0 N–H and O–H groups in total. The van der Waals surface area contributed by atoms with E-state index < -0.39 is 0 Å². The van der Waals surface area contributed by atoms with E-state index in [0.717, 1.165) is 37.5 Å². The van der Waals surface area contributed by atoms with Crippen LogP contribution in [-0.4, -0.2) is 32.1 Å². The van der Waals surface area contributed by atoms with Gasteiger partial charge in [-0.3, -0.25) is 4.79 Å². The molecule has 2 aliphatic heterocycles. The summed E-state index contributed by atoms with van der Waals surface area (Å²) >= 11 is 0. The second kappa shape index (κ2) is 4.69. The number of aromatic nitrogens is 3. The van der Waals surface area contributed by atoms with Crippen LogP contribution < -0.4 is 0 Å². The number of benzene rings is 1. The first-order chi connectivity index (χ1) is 10.3. The summed E-state index contributed by atoms with van der Waals surface area (Å²) in [5, 5.41) is 8.77. The van der Waals surface area contributed by atoms with Crippen molar-refractivity contribution in [3.63, 3.8) is 0 Å². The van der Waals surface area contributed by atoms with Crippen LogP contribution in [0.3, 0.4) is 0 Å². The van der Waals surface area contributed by atoms with E-state index in [1.165, 1.54) is 5.56 Å². The van der Waals surface area contributed by atoms with E-state index in [9.17, 15) is 4.79 Å². The van der Waals surface area contributed by atoms with Gasteiger partial charge in [-0.15, -0.1) is 10.2 Å². The lowest BCUT2D eigenvalue weighted by molar-refractivity contribution is -0.137. The molecule has 21 heavy (non-hydrogen) atoms. The number of amides is 1. The molecule has 4 rings (SSSR count). The van der Waals surface area contributed by atoms with Gasteiger partial charge in [-0.05, 0) is 25.3 Å². The number of hydrogen-bond acceptors (Lipinski definition) is 3. The fraction of sp³-hybridized carbons (Fsp3) is 0.438. The van der Waals surface area contributed by atoms with E-state index in [2.05, 4.69) is 26.9 Å². The van der Waals surface area contributed by atoms with E-state index in [1.807, 2.05) is 30.0 Å². The maximum atomic E-state index is 12.5. The molecule has 108 valence electrons. The highest BCUT2D eigenvalue weighted by Gasteiger charge is 2.42. The van der Waals surface area contributed by atoms with E-state index in [4.69, 9.17) is 0 Å². The van der Waals surface area contributed by atoms with Gasteiger partial charge >= 0.3 is 0 Å². The number of rotatable bonds is 2. The maximum absolute atomic E-state index is 12.5. The van der Waals surface area contributed by atoms with E-state index in [1.54, 1.807) is 0 Å². The van der Waals surface area contributed by atoms with E-state index in [-0.39, 0.29) is 18.0 Å². The van der Waals surface area contributed by atoms with Gasteiger partial charge in [0, 0.05) is 13.0 Å². The average molecular weight is 282 g/mol. The Morgan fingerprint density at radius 3 is 2.86 bits per heavy atom. The molecule has 2 atom stereocenters. The summed E-state index contributed by atoms with van der Waals surface area (Å²) in [6, 6.07) is 10.2. The van der Waals surface area contributed by atoms with Crippen molar-refractivity contribution in [1.29, 1.82) is 0 Å². The van der Waals surface area contributed by atoms with Gasteiger partial charge < -0.3 is 9.47 Å². The topological polar surface area (TPSA) is 51.0 Å². The van der Waals surface area contributed by atoms with Crippen molar-refractivity contribution in [2.24, 2.45) is 0 Å². The van der Waals surface area contributed by atoms with Crippen LogP contribution in [0.4, 0.5) is 0 Å². The fourth-order valence-electron chi connectivity index (χ4n) is 3.53. The second-order valence-electron chi connectivity index (χ2n) is 5.87. The summed E-state index contributed by atoms with van der Waals surface area (Å²) in [5.41, 5.74) is 1.20. The number of carbonyl (C=O) groups is 1. The summed E-state index contributed by atoms with van der Waals surface area (Å²) in [6.07, 6.45) is 2.78. The summed E-state index contributed by atoms with van der Waals surface area (Å²) in [6.45, 7) is 2.81. The van der Waals surface area contributed by atoms with Gasteiger partial charge in [0.1, 0.15) is 11.9 Å². The van der Waals surface area contributed by atoms with Crippen LogP contribution in [0.5, 0.6) is 0 Å². The lowest BCUT2D eigenvalue weighted by Gasteiger charge is -2.34. The molecule has 1 aromatic heterocycles. The quantitative estimate of drug-likeness (QED) is 0.847. The first kappa shape index (κ1) is 12.6. The first-order valence-corrected chi connectivity index (χ1v) is 7.54. The predicted octanol–water partition coefficient (Wildman–Crippen LogP) is 2.11. The molecule has 0 saturated carbocycles. The molecule has 5 heteroatoms. The van der Waals surface area contributed by atoms with Crippen LogP contribution >= 0.6 is 0 Å². The molecule has 3 heterocycles. The minimum Gasteiger partial charge on any atom is -0.331 e. The van der Waals surface area contributed by atoms with Crippen LogP contribution in [0.1, 0.15) is 49.1 Å². The molecule has 5 nitrogen and oxygen atoms in total. The van der Waals surface area contributed by atoms with Crippen molar-refractivity contribution in [2.75, 3.05) is 6.54 Å². The summed E-state index contributed by atoms with van der Waals surface area (Å²) in [7, 11) is 0. The lowest BCUT2D eigenvalue weighted by Crippen LogP contribution is -2.42. The molecule has 0 radical (unpaired) electrons. The third-order valence-electron chi connectivity index (χ3n) is 4.58. The zero-order valence-electron chi connectivity index (χ0n) is 12.1. The van der Waals surface area contributed by atoms with Gasteiger partial charge in [-0.2, -0.15) is 0 Å². The van der Waals surface area contributed by atoms with Crippen LogP contribution in [0.25, 0.3) is 0 Å². The summed E-state index contributed by atoms with van der Waals surface area (Å²) in [4.78, 5) is 14.5. The largest absolute Gasteiger partial charge is 0.331 e. The third-order valence-corrected chi connectivity index (χ3v) is 4.58. The van der Waals surface area contributed by atoms with Crippen molar-refractivity contribution < 1.29 is 4.79 Å². The van der Waals surface area contributed by atoms with Crippen molar-refractivity contribution in [2.45, 2.75) is 38.3 Å².